The molecule has 0 spiro atoms. The van der Waals surface area contributed by atoms with Gasteiger partial charge in [-0.05, 0) is 18.1 Å². The van der Waals surface area contributed by atoms with Crippen molar-refractivity contribution in [3.05, 3.63) is 45.2 Å². The number of nitrogens with one attached hydrogen (secondary N) is 1. The van der Waals surface area contributed by atoms with E-state index in [-0.39, 0.29) is 10.5 Å². The lowest BCUT2D eigenvalue weighted by Crippen LogP contribution is -2.05. The van der Waals surface area contributed by atoms with Crippen molar-refractivity contribution in [1.82, 2.24) is 4.98 Å². The van der Waals surface area contributed by atoms with Crippen LogP contribution in [0.3, 0.4) is 0 Å². The fourth-order valence-electron chi connectivity index (χ4n) is 1.71. The molecule has 0 aliphatic rings. The summed E-state index contributed by atoms with van der Waals surface area (Å²) in [6.45, 7) is 0.629. The molecule has 0 fully saturated rings. The van der Waals surface area contributed by atoms with E-state index in [0.29, 0.717) is 12.0 Å². The molecule has 0 aliphatic heterocycles. The number of hydrogen-bond donors (Lipinski definition) is 1. The quantitative estimate of drug-likeness (QED) is 0.891. The molecule has 3 nitrogen and oxygen atoms in total. The molecule has 84 valence electrons. The van der Waals surface area contributed by atoms with Gasteiger partial charge in [0.1, 0.15) is 5.02 Å². The number of ether oxygens (including phenoxy) is 1. The van der Waals surface area contributed by atoms with E-state index in [0.717, 1.165) is 17.5 Å². The Morgan fingerprint density at radius 2 is 2.25 bits per heavy atom. The highest BCUT2D eigenvalue weighted by Crippen LogP contribution is 2.16. The lowest BCUT2D eigenvalue weighted by Gasteiger charge is -2.05. The summed E-state index contributed by atoms with van der Waals surface area (Å²) in [6.07, 6.45) is 2.30. The lowest BCUT2D eigenvalue weighted by molar-refractivity contribution is 0.202. The highest BCUT2D eigenvalue weighted by Gasteiger charge is 2.06. The van der Waals surface area contributed by atoms with Gasteiger partial charge in [0.25, 0.3) is 0 Å². The van der Waals surface area contributed by atoms with Crippen LogP contribution in [-0.2, 0) is 11.2 Å². The van der Waals surface area contributed by atoms with Gasteiger partial charge in [0, 0.05) is 18.7 Å². The van der Waals surface area contributed by atoms with Crippen LogP contribution in [0.15, 0.2) is 29.2 Å². The number of pyridine rings is 1. The first-order valence-corrected chi connectivity index (χ1v) is 5.39. The highest BCUT2D eigenvalue weighted by molar-refractivity contribution is 6.31. The molecule has 0 saturated heterocycles. The van der Waals surface area contributed by atoms with E-state index in [1.54, 1.807) is 13.2 Å². The molecule has 4 heteroatoms. The predicted octanol–water partition coefficient (Wildman–Crippen LogP) is 2.37. The van der Waals surface area contributed by atoms with Gasteiger partial charge in [0.05, 0.1) is 12.1 Å². The average molecular weight is 238 g/mol. The molecule has 1 heterocycles. The molecule has 1 N–H and O–H groups in total. The first-order valence-electron chi connectivity index (χ1n) is 5.01. The molecule has 16 heavy (non-hydrogen) atoms. The average Bonchev–Trinajstić information content (AvgIpc) is 2.31. The Hall–Kier alpha value is -1.32. The zero-order valence-electron chi connectivity index (χ0n) is 8.92. The molecule has 0 atom stereocenters. The Kier molecular flexibility index (Phi) is 3.27. The number of hydrogen-bond acceptors (Lipinski definition) is 2. The van der Waals surface area contributed by atoms with Crippen molar-refractivity contribution < 1.29 is 4.74 Å². The number of aromatic nitrogens is 1. The smallest absolute Gasteiger partial charge is 0.207 e. The Balaban J connectivity index is 2.60. The molecule has 0 saturated carbocycles. The van der Waals surface area contributed by atoms with Crippen LogP contribution < -0.4 is 5.43 Å². The maximum absolute atomic E-state index is 11.8. The van der Waals surface area contributed by atoms with Crippen molar-refractivity contribution in [2.45, 2.75) is 6.42 Å². The summed E-state index contributed by atoms with van der Waals surface area (Å²) in [7, 11) is 1.66. The third-order valence-corrected chi connectivity index (χ3v) is 2.81. The zero-order chi connectivity index (χ0) is 11.5. The second-order valence-corrected chi connectivity index (χ2v) is 3.96. The lowest BCUT2D eigenvalue weighted by atomic mass is 10.1. The first kappa shape index (κ1) is 11.2. The van der Waals surface area contributed by atoms with Gasteiger partial charge in [0.15, 0.2) is 0 Å². The maximum Gasteiger partial charge on any atom is 0.207 e. The monoisotopic (exact) mass is 237 g/mol. The van der Waals surface area contributed by atoms with Gasteiger partial charge < -0.3 is 9.72 Å². The summed E-state index contributed by atoms with van der Waals surface area (Å²) in [5.41, 5.74) is 1.77. The van der Waals surface area contributed by atoms with Crippen LogP contribution in [0.4, 0.5) is 0 Å². The molecule has 2 rings (SSSR count). The highest BCUT2D eigenvalue weighted by atomic mass is 35.5. The second kappa shape index (κ2) is 4.68. The van der Waals surface area contributed by atoms with Crippen LogP contribution in [0.5, 0.6) is 0 Å². The van der Waals surface area contributed by atoms with E-state index in [4.69, 9.17) is 16.3 Å². The van der Waals surface area contributed by atoms with E-state index in [2.05, 4.69) is 4.98 Å². The normalized spacial score (nSPS) is 10.9. The predicted molar refractivity (Wildman–Crippen MR) is 65.2 cm³/mol. The number of aromatic amines is 1. The van der Waals surface area contributed by atoms with Crippen molar-refractivity contribution in [3.8, 4) is 0 Å². The molecule has 0 bridgehead atoms. The molecular weight excluding hydrogens is 226 g/mol. The number of halogens is 1. The van der Waals surface area contributed by atoms with Gasteiger partial charge in [0.2, 0.25) is 5.43 Å². The molecule has 1 aromatic heterocycles. The number of H-pyrrole nitrogens is 1. The van der Waals surface area contributed by atoms with E-state index in [1.165, 1.54) is 6.20 Å². The SMILES string of the molecule is COCCc1cccc2c(=O)c(Cl)c[nH]c12. The van der Waals surface area contributed by atoms with Crippen LogP contribution in [0, 0.1) is 0 Å². The van der Waals surface area contributed by atoms with Gasteiger partial charge >= 0.3 is 0 Å². The fourth-order valence-corrected chi connectivity index (χ4v) is 1.87. The van der Waals surface area contributed by atoms with Gasteiger partial charge in [-0.1, -0.05) is 23.7 Å². The summed E-state index contributed by atoms with van der Waals surface area (Å²) in [6, 6.07) is 5.61. The van der Waals surface area contributed by atoms with Crippen LogP contribution in [0.25, 0.3) is 10.9 Å². The largest absolute Gasteiger partial charge is 0.384 e. The van der Waals surface area contributed by atoms with Crippen LogP contribution in [0.2, 0.25) is 5.02 Å². The Bertz CT molecular complexity index is 562. The molecule has 0 radical (unpaired) electrons. The third-order valence-electron chi connectivity index (χ3n) is 2.53. The standard InChI is InChI=1S/C12H12ClNO2/c1-16-6-5-8-3-2-4-9-11(8)14-7-10(13)12(9)15/h2-4,7H,5-6H2,1H3,(H,14,15). The third kappa shape index (κ3) is 1.96. The summed E-state index contributed by atoms with van der Waals surface area (Å²) in [5.74, 6) is 0. The summed E-state index contributed by atoms with van der Waals surface area (Å²) in [5, 5.41) is 0.845. The fraction of sp³-hybridized carbons (Fsp3) is 0.250. The Morgan fingerprint density at radius 1 is 1.44 bits per heavy atom. The minimum Gasteiger partial charge on any atom is -0.384 e. The maximum atomic E-state index is 11.8. The van der Waals surface area contributed by atoms with E-state index in [1.807, 2.05) is 12.1 Å². The number of fused-ring (bicyclic) bond motifs is 1. The first-order chi connectivity index (χ1) is 7.74. The van der Waals surface area contributed by atoms with Crippen molar-refractivity contribution in [1.29, 1.82) is 0 Å². The number of methoxy groups -OCH3 is 1. The molecule has 1 aromatic carbocycles. The van der Waals surface area contributed by atoms with Gasteiger partial charge in [-0.25, -0.2) is 0 Å². The molecule has 0 unspecified atom stereocenters. The molecule has 0 amide bonds. The van der Waals surface area contributed by atoms with Gasteiger partial charge in [-0.3, -0.25) is 4.79 Å². The number of benzene rings is 1. The minimum atomic E-state index is -0.130. The number of para-hydroxylation sites is 1. The van der Waals surface area contributed by atoms with Crippen molar-refractivity contribution in [2.24, 2.45) is 0 Å². The number of rotatable bonds is 3. The van der Waals surface area contributed by atoms with Crippen LogP contribution in [0.1, 0.15) is 5.56 Å². The summed E-state index contributed by atoms with van der Waals surface area (Å²) < 4.78 is 5.03. The zero-order valence-corrected chi connectivity index (χ0v) is 9.67. The Morgan fingerprint density at radius 3 is 3.00 bits per heavy atom. The van der Waals surface area contributed by atoms with Crippen molar-refractivity contribution >= 4 is 22.5 Å². The van der Waals surface area contributed by atoms with Crippen molar-refractivity contribution in [2.75, 3.05) is 13.7 Å². The molecule has 2 aromatic rings. The van der Waals surface area contributed by atoms with Gasteiger partial charge in [-0.15, -0.1) is 0 Å². The summed E-state index contributed by atoms with van der Waals surface area (Å²) in [4.78, 5) is 14.8. The second-order valence-electron chi connectivity index (χ2n) is 3.55. The Labute approximate surface area is 98.0 Å². The van der Waals surface area contributed by atoms with E-state index >= 15 is 0 Å². The topological polar surface area (TPSA) is 42.1 Å². The van der Waals surface area contributed by atoms with Gasteiger partial charge in [-0.2, -0.15) is 0 Å². The minimum absolute atomic E-state index is 0.130. The van der Waals surface area contributed by atoms with Crippen LogP contribution in [-0.4, -0.2) is 18.7 Å². The van der Waals surface area contributed by atoms with E-state index in [9.17, 15) is 4.79 Å². The molecule has 0 aliphatic carbocycles. The molecular formula is C12H12ClNO2. The van der Waals surface area contributed by atoms with E-state index < -0.39 is 0 Å². The van der Waals surface area contributed by atoms with Crippen LogP contribution >= 0.6 is 11.6 Å². The summed E-state index contributed by atoms with van der Waals surface area (Å²) >= 11 is 5.78. The van der Waals surface area contributed by atoms with Crippen molar-refractivity contribution in [3.63, 3.8) is 0 Å².